The van der Waals surface area contributed by atoms with Crippen LogP contribution in [0.1, 0.15) is 10.4 Å². The fraction of sp³-hybridized carbons (Fsp3) is 0. The van der Waals surface area contributed by atoms with E-state index >= 15 is 0 Å². The van der Waals surface area contributed by atoms with Gasteiger partial charge in [0.2, 0.25) is 0 Å². The van der Waals surface area contributed by atoms with Crippen molar-refractivity contribution < 1.29 is 9.90 Å². The molecule has 0 radical (unpaired) electrons. The molecule has 0 saturated heterocycles. The molecule has 0 aliphatic carbocycles. The number of para-hydroxylation sites is 1. The summed E-state index contributed by atoms with van der Waals surface area (Å²) in [5.74, 6) is -0.990. The van der Waals surface area contributed by atoms with Gasteiger partial charge in [-0.05, 0) is 17.5 Å². The fourth-order valence-electron chi connectivity index (χ4n) is 1.92. The van der Waals surface area contributed by atoms with Crippen molar-refractivity contribution >= 4 is 39.6 Å². The Labute approximate surface area is 113 Å². The second-order valence-electron chi connectivity index (χ2n) is 4.01. The summed E-state index contributed by atoms with van der Waals surface area (Å²) in [4.78, 5) is 15.5. The lowest BCUT2D eigenvalue weighted by Gasteiger charge is -2.11. The summed E-state index contributed by atoms with van der Waals surface area (Å²) in [6.07, 6.45) is 1.39. The lowest BCUT2D eigenvalue weighted by molar-refractivity contribution is 0.0697. The number of rotatable bonds is 3. The zero-order chi connectivity index (χ0) is 13.2. The Morgan fingerprint density at radius 2 is 2.11 bits per heavy atom. The van der Waals surface area contributed by atoms with Gasteiger partial charge in [0.1, 0.15) is 5.56 Å². The van der Waals surface area contributed by atoms with Crippen molar-refractivity contribution in [3.05, 3.63) is 52.9 Å². The number of thiophene rings is 1. The number of nitrogens with zero attached hydrogens (tertiary/aromatic N) is 1. The molecule has 2 aromatic heterocycles. The maximum absolute atomic E-state index is 11.3. The van der Waals surface area contributed by atoms with E-state index in [1.807, 2.05) is 41.1 Å². The minimum atomic E-state index is -0.990. The number of hydrogen-bond donors (Lipinski definition) is 2. The lowest BCUT2D eigenvalue weighted by atomic mass is 10.1. The van der Waals surface area contributed by atoms with E-state index in [0.717, 1.165) is 16.6 Å². The minimum absolute atomic E-state index is 0.171. The second-order valence-corrected chi connectivity index (χ2v) is 4.79. The highest BCUT2D eigenvalue weighted by atomic mass is 32.1. The summed E-state index contributed by atoms with van der Waals surface area (Å²) in [5, 5.41) is 17.1. The molecule has 0 aliphatic heterocycles. The Kier molecular flexibility index (Phi) is 2.89. The van der Waals surface area contributed by atoms with Gasteiger partial charge in [-0.1, -0.05) is 18.2 Å². The van der Waals surface area contributed by atoms with Gasteiger partial charge in [-0.25, -0.2) is 4.79 Å². The van der Waals surface area contributed by atoms with Gasteiger partial charge >= 0.3 is 5.97 Å². The molecule has 1 aromatic carbocycles. The number of benzene rings is 1. The molecule has 2 N–H and O–H groups in total. The number of carboxylic acids is 1. The van der Waals surface area contributed by atoms with Crippen molar-refractivity contribution in [3.63, 3.8) is 0 Å². The molecular formula is C14H10N2O2S. The third kappa shape index (κ3) is 2.15. The topological polar surface area (TPSA) is 62.2 Å². The summed E-state index contributed by atoms with van der Waals surface area (Å²) in [7, 11) is 0. The minimum Gasteiger partial charge on any atom is -0.478 e. The first kappa shape index (κ1) is 11.7. The summed E-state index contributed by atoms with van der Waals surface area (Å²) >= 11 is 1.55. The van der Waals surface area contributed by atoms with E-state index in [9.17, 15) is 9.90 Å². The Morgan fingerprint density at radius 1 is 1.26 bits per heavy atom. The van der Waals surface area contributed by atoms with Crippen LogP contribution in [0.3, 0.4) is 0 Å². The predicted molar refractivity (Wildman–Crippen MR) is 76.3 cm³/mol. The Bertz CT molecular complexity index is 738. The van der Waals surface area contributed by atoms with Gasteiger partial charge in [0.25, 0.3) is 0 Å². The van der Waals surface area contributed by atoms with E-state index < -0.39 is 5.97 Å². The molecule has 0 spiro atoms. The van der Waals surface area contributed by atoms with Gasteiger partial charge in [-0.15, -0.1) is 0 Å². The number of fused-ring (bicyclic) bond motifs is 1. The molecule has 0 amide bonds. The molecule has 94 valence electrons. The number of nitrogens with one attached hydrogen (secondary N) is 1. The average Bonchev–Trinajstić information content (AvgIpc) is 2.92. The molecule has 3 rings (SSSR count). The van der Waals surface area contributed by atoms with Crippen molar-refractivity contribution in [2.45, 2.75) is 0 Å². The van der Waals surface area contributed by atoms with Gasteiger partial charge in [-0.3, -0.25) is 4.98 Å². The van der Waals surface area contributed by atoms with E-state index in [4.69, 9.17) is 0 Å². The van der Waals surface area contributed by atoms with E-state index in [1.54, 1.807) is 11.3 Å². The van der Waals surface area contributed by atoms with Crippen LogP contribution in [0.4, 0.5) is 11.4 Å². The number of hydrogen-bond acceptors (Lipinski definition) is 4. The van der Waals surface area contributed by atoms with Gasteiger partial charge in [0.15, 0.2) is 0 Å². The van der Waals surface area contributed by atoms with Crippen LogP contribution in [0.2, 0.25) is 0 Å². The highest BCUT2D eigenvalue weighted by Crippen LogP contribution is 2.29. The third-order valence-corrected chi connectivity index (χ3v) is 3.48. The number of aromatic nitrogens is 1. The van der Waals surface area contributed by atoms with Crippen molar-refractivity contribution in [1.29, 1.82) is 0 Å². The molecule has 0 saturated carbocycles. The van der Waals surface area contributed by atoms with E-state index in [-0.39, 0.29) is 5.56 Å². The molecule has 0 unspecified atom stereocenters. The van der Waals surface area contributed by atoms with Crippen molar-refractivity contribution in [2.24, 2.45) is 0 Å². The zero-order valence-corrected chi connectivity index (χ0v) is 10.6. The molecule has 5 heteroatoms. The SMILES string of the molecule is O=C(O)c1cnc2ccccc2c1Nc1ccsc1. The van der Waals surface area contributed by atoms with Crippen molar-refractivity contribution in [1.82, 2.24) is 4.98 Å². The van der Waals surface area contributed by atoms with Crippen LogP contribution in [0.5, 0.6) is 0 Å². The van der Waals surface area contributed by atoms with Gasteiger partial charge in [0, 0.05) is 22.7 Å². The molecular weight excluding hydrogens is 260 g/mol. The fourth-order valence-corrected chi connectivity index (χ4v) is 2.51. The Morgan fingerprint density at radius 3 is 2.84 bits per heavy atom. The lowest BCUT2D eigenvalue weighted by Crippen LogP contribution is -2.04. The second kappa shape index (κ2) is 4.70. The summed E-state index contributed by atoms with van der Waals surface area (Å²) in [6.45, 7) is 0. The van der Waals surface area contributed by atoms with E-state index in [0.29, 0.717) is 5.69 Å². The van der Waals surface area contributed by atoms with Crippen LogP contribution in [-0.2, 0) is 0 Å². The highest BCUT2D eigenvalue weighted by Gasteiger charge is 2.14. The van der Waals surface area contributed by atoms with Crippen LogP contribution < -0.4 is 5.32 Å². The molecule has 0 atom stereocenters. The Hall–Kier alpha value is -2.40. The average molecular weight is 270 g/mol. The Balaban J connectivity index is 2.22. The van der Waals surface area contributed by atoms with Crippen molar-refractivity contribution in [3.8, 4) is 0 Å². The number of pyridine rings is 1. The highest BCUT2D eigenvalue weighted by molar-refractivity contribution is 7.08. The number of carboxylic acid groups (broad SMARTS) is 1. The molecule has 19 heavy (non-hydrogen) atoms. The molecule has 3 aromatic rings. The van der Waals surface area contributed by atoms with Crippen LogP contribution in [0, 0.1) is 0 Å². The third-order valence-electron chi connectivity index (χ3n) is 2.80. The van der Waals surface area contributed by atoms with Gasteiger partial charge < -0.3 is 10.4 Å². The van der Waals surface area contributed by atoms with Crippen LogP contribution in [-0.4, -0.2) is 16.1 Å². The first-order chi connectivity index (χ1) is 9.25. The van der Waals surface area contributed by atoms with Crippen LogP contribution in [0.25, 0.3) is 10.9 Å². The van der Waals surface area contributed by atoms with Gasteiger partial charge in [0.05, 0.1) is 11.2 Å². The van der Waals surface area contributed by atoms with Crippen LogP contribution in [0.15, 0.2) is 47.3 Å². The summed E-state index contributed by atoms with van der Waals surface area (Å²) in [6, 6.07) is 9.38. The first-order valence-electron chi connectivity index (χ1n) is 5.66. The maximum atomic E-state index is 11.3. The van der Waals surface area contributed by atoms with Crippen molar-refractivity contribution in [2.75, 3.05) is 5.32 Å². The van der Waals surface area contributed by atoms with Crippen LogP contribution >= 0.6 is 11.3 Å². The first-order valence-corrected chi connectivity index (χ1v) is 6.60. The quantitative estimate of drug-likeness (QED) is 0.761. The predicted octanol–water partition coefficient (Wildman–Crippen LogP) is 3.74. The zero-order valence-electron chi connectivity index (χ0n) is 9.83. The molecule has 0 fully saturated rings. The monoisotopic (exact) mass is 270 g/mol. The molecule has 0 bridgehead atoms. The standard InChI is InChI=1S/C14H10N2O2S/c17-14(18)11-7-15-12-4-2-1-3-10(12)13(11)16-9-5-6-19-8-9/h1-8H,(H,15,16)(H,17,18). The largest absolute Gasteiger partial charge is 0.478 e. The van der Waals surface area contributed by atoms with E-state index in [1.165, 1.54) is 6.20 Å². The normalized spacial score (nSPS) is 10.5. The molecule has 0 aliphatic rings. The summed E-state index contributed by atoms with van der Waals surface area (Å²) in [5.41, 5.74) is 2.40. The molecule has 2 heterocycles. The van der Waals surface area contributed by atoms with E-state index in [2.05, 4.69) is 10.3 Å². The molecule has 4 nitrogen and oxygen atoms in total. The maximum Gasteiger partial charge on any atom is 0.339 e. The number of anilines is 2. The summed E-state index contributed by atoms with van der Waals surface area (Å²) < 4.78 is 0. The smallest absolute Gasteiger partial charge is 0.339 e. The number of aromatic carboxylic acids is 1. The van der Waals surface area contributed by atoms with Gasteiger partial charge in [-0.2, -0.15) is 11.3 Å². The number of carbonyl (C=O) groups is 1.